The Bertz CT molecular complexity index is 1540. The zero-order valence-electron chi connectivity index (χ0n) is 21.2. The van der Waals surface area contributed by atoms with Crippen molar-refractivity contribution in [1.82, 2.24) is 35.3 Å². The summed E-state index contributed by atoms with van der Waals surface area (Å²) in [7, 11) is 1.53. The van der Waals surface area contributed by atoms with Gasteiger partial charge >= 0.3 is 11.9 Å². The van der Waals surface area contributed by atoms with E-state index >= 15 is 0 Å². The van der Waals surface area contributed by atoms with Gasteiger partial charge in [0.1, 0.15) is 17.1 Å². The Balaban J connectivity index is 1.27. The molecule has 0 spiro atoms. The van der Waals surface area contributed by atoms with Crippen LogP contribution in [0, 0.1) is 0 Å². The van der Waals surface area contributed by atoms with Gasteiger partial charge in [-0.3, -0.25) is 29.0 Å². The molecule has 1 aromatic heterocycles. The smallest absolute Gasteiger partial charge is 0.353 e. The summed E-state index contributed by atoms with van der Waals surface area (Å²) < 4.78 is 1.28. The predicted octanol–water partition coefficient (Wildman–Crippen LogP) is -0.305. The van der Waals surface area contributed by atoms with E-state index in [1.807, 2.05) is 0 Å². The number of amides is 4. The first-order valence-corrected chi connectivity index (χ1v) is 13.7. The Morgan fingerprint density at radius 1 is 1.20 bits per heavy atom. The molecule has 212 valence electrons. The summed E-state index contributed by atoms with van der Waals surface area (Å²) in [6, 6.07) is 4.51. The molecular formula is C24H21N7O8S2. The van der Waals surface area contributed by atoms with Gasteiger partial charge in [-0.05, 0) is 35.4 Å². The zero-order valence-corrected chi connectivity index (χ0v) is 22.8. The van der Waals surface area contributed by atoms with E-state index in [2.05, 4.69) is 20.8 Å². The maximum Gasteiger partial charge on any atom is 0.353 e. The van der Waals surface area contributed by atoms with Gasteiger partial charge in [-0.15, -0.1) is 16.9 Å². The van der Waals surface area contributed by atoms with Crippen LogP contribution in [0.4, 0.5) is 0 Å². The van der Waals surface area contributed by atoms with Crippen molar-refractivity contribution in [3.63, 3.8) is 0 Å². The normalized spacial score (nSPS) is 22.2. The summed E-state index contributed by atoms with van der Waals surface area (Å²) in [5, 5.41) is 33.5. The Labute approximate surface area is 240 Å². The molecule has 3 aliphatic rings. The second-order valence-corrected chi connectivity index (χ2v) is 10.7. The third-order valence-corrected chi connectivity index (χ3v) is 8.76. The summed E-state index contributed by atoms with van der Waals surface area (Å²) in [6.45, 7) is 0. The van der Waals surface area contributed by atoms with Crippen molar-refractivity contribution in [2.24, 2.45) is 7.05 Å². The third kappa shape index (κ3) is 4.37. The quantitative estimate of drug-likeness (QED) is 0.182. The van der Waals surface area contributed by atoms with Crippen LogP contribution in [-0.4, -0.2) is 104 Å². The fourth-order valence-corrected chi connectivity index (χ4v) is 6.90. The van der Waals surface area contributed by atoms with Crippen molar-refractivity contribution in [2.75, 3.05) is 5.75 Å². The minimum atomic E-state index is -1.67. The van der Waals surface area contributed by atoms with Crippen molar-refractivity contribution in [3.05, 3.63) is 46.9 Å². The summed E-state index contributed by atoms with van der Waals surface area (Å²) in [6.07, 6.45) is -0.499. The van der Waals surface area contributed by atoms with Gasteiger partial charge in [-0.25, -0.2) is 14.3 Å². The summed E-state index contributed by atoms with van der Waals surface area (Å²) >= 11 is 6.27. The number of tetrazole rings is 1. The number of nitrogens with one attached hydrogen (secondary N) is 1. The zero-order chi connectivity index (χ0) is 29.6. The number of hydrogen-bond donors (Lipinski definition) is 3. The van der Waals surface area contributed by atoms with Crippen molar-refractivity contribution in [2.45, 2.75) is 36.2 Å². The molecule has 4 heterocycles. The number of fused-ring (bicyclic) bond motifs is 2. The second-order valence-electron chi connectivity index (χ2n) is 9.40. The predicted molar refractivity (Wildman–Crippen MR) is 143 cm³/mol. The molecule has 0 radical (unpaired) electrons. The number of hydrogen-bond acceptors (Lipinski definition) is 11. The van der Waals surface area contributed by atoms with Gasteiger partial charge in [0, 0.05) is 30.2 Å². The molecule has 1 fully saturated rings. The van der Waals surface area contributed by atoms with E-state index in [0.29, 0.717) is 4.90 Å². The molecule has 3 N–H and O–H groups in total. The highest BCUT2D eigenvalue weighted by atomic mass is 32.2. The van der Waals surface area contributed by atoms with Crippen LogP contribution in [0.15, 0.2) is 30.0 Å². The van der Waals surface area contributed by atoms with Gasteiger partial charge in [0.05, 0.1) is 11.1 Å². The number of rotatable bonds is 10. The summed E-state index contributed by atoms with van der Waals surface area (Å²) in [4.78, 5) is 77.5. The van der Waals surface area contributed by atoms with Crippen LogP contribution in [0.3, 0.4) is 0 Å². The van der Waals surface area contributed by atoms with Gasteiger partial charge in [0.25, 0.3) is 17.7 Å². The van der Waals surface area contributed by atoms with Crippen LogP contribution in [0.25, 0.3) is 5.57 Å². The molecule has 0 saturated carbocycles. The van der Waals surface area contributed by atoms with E-state index in [1.54, 1.807) is 12.1 Å². The Kier molecular flexibility index (Phi) is 7.16. The van der Waals surface area contributed by atoms with E-state index < -0.39 is 52.5 Å². The minimum Gasteiger partial charge on any atom is -0.480 e. The fourth-order valence-electron chi connectivity index (χ4n) is 5.09. The van der Waals surface area contributed by atoms with Crippen molar-refractivity contribution in [1.29, 1.82) is 0 Å². The number of imide groups is 1. The van der Waals surface area contributed by atoms with Crippen LogP contribution in [0.5, 0.6) is 0 Å². The Hall–Kier alpha value is -4.51. The molecule has 0 bridgehead atoms. The molecular weight excluding hydrogens is 578 g/mol. The molecule has 3 aliphatic heterocycles. The molecule has 0 aliphatic carbocycles. The number of carboxylic acids is 2. The first kappa shape index (κ1) is 28.0. The highest BCUT2D eigenvalue weighted by Gasteiger charge is 2.64. The largest absolute Gasteiger partial charge is 0.480 e. The molecule has 1 saturated heterocycles. The average Bonchev–Trinajstić information content (AvgIpc) is 3.48. The lowest BCUT2D eigenvalue weighted by molar-refractivity contribution is -0.153. The number of aromatic nitrogens is 4. The van der Waals surface area contributed by atoms with E-state index in [9.17, 15) is 39.0 Å². The van der Waals surface area contributed by atoms with E-state index in [-0.39, 0.29) is 53.2 Å². The van der Waals surface area contributed by atoms with Gasteiger partial charge in [0.15, 0.2) is 11.4 Å². The van der Waals surface area contributed by atoms with Crippen LogP contribution in [0.2, 0.25) is 0 Å². The van der Waals surface area contributed by atoms with E-state index in [4.69, 9.17) is 12.2 Å². The molecule has 2 aromatic rings. The monoisotopic (exact) mass is 599 g/mol. The lowest BCUT2D eigenvalue weighted by atomic mass is 9.87. The average molecular weight is 600 g/mol. The standard InChI is InChI=1S/C24H21N7O8S2/c1-29-17(26-27-28-29)13-9-41-23-24(10-40,22(39)31(23)16(13)21(37)38)25-15(32)8-4-7-14(20(35)36)30-18(33)11-5-2-3-6-12(11)19(30)34/h2-3,5-6,10,14,23H,4,7-9H2,1H3,(H,25,32)(H,35,36)(H,37,38)/t14?,23-,24+/m0/s1. The number of thiocarbonyl (C=S) groups is 1. The van der Waals surface area contributed by atoms with Crippen LogP contribution in [0.1, 0.15) is 45.8 Å². The van der Waals surface area contributed by atoms with Gasteiger partial charge in [0.2, 0.25) is 5.91 Å². The van der Waals surface area contributed by atoms with Crippen molar-refractivity contribution in [3.8, 4) is 0 Å². The van der Waals surface area contributed by atoms with Crippen molar-refractivity contribution < 1.29 is 39.0 Å². The number of carboxylic acid groups (broad SMARTS) is 2. The number of thioether (sulfide) groups is 1. The van der Waals surface area contributed by atoms with Crippen LogP contribution >= 0.6 is 24.0 Å². The van der Waals surface area contributed by atoms with Crippen molar-refractivity contribution >= 4 is 70.5 Å². The first-order chi connectivity index (χ1) is 19.5. The minimum absolute atomic E-state index is 0.0387. The second kappa shape index (κ2) is 10.5. The lowest BCUT2D eigenvalue weighted by Gasteiger charge is -2.55. The number of benzene rings is 1. The molecule has 41 heavy (non-hydrogen) atoms. The van der Waals surface area contributed by atoms with Crippen LogP contribution < -0.4 is 5.32 Å². The number of β-lactam (4-membered cyclic amide) rings is 1. The Morgan fingerprint density at radius 2 is 1.85 bits per heavy atom. The highest BCUT2D eigenvalue weighted by molar-refractivity contribution is 8.00. The third-order valence-electron chi connectivity index (χ3n) is 7.04. The topological polar surface area (TPSA) is 205 Å². The summed E-state index contributed by atoms with van der Waals surface area (Å²) in [5.41, 5.74) is -1.54. The Morgan fingerprint density at radius 3 is 2.39 bits per heavy atom. The molecule has 17 heteroatoms. The van der Waals surface area contributed by atoms with Gasteiger partial charge < -0.3 is 15.5 Å². The van der Waals surface area contributed by atoms with E-state index in [1.165, 1.54) is 35.6 Å². The fraction of sp³-hybridized carbons (Fsp3) is 0.333. The molecule has 1 unspecified atom stereocenters. The number of aliphatic carboxylic acids is 2. The van der Waals surface area contributed by atoms with Crippen LogP contribution in [-0.2, 0) is 26.2 Å². The molecule has 4 amide bonds. The molecule has 1 aromatic carbocycles. The number of aryl methyl sites for hydroxylation is 1. The number of carbonyl (C=O) groups excluding carboxylic acids is 4. The van der Waals surface area contributed by atoms with E-state index in [0.717, 1.165) is 10.3 Å². The lowest BCUT2D eigenvalue weighted by Crippen LogP contribution is -2.80. The first-order valence-electron chi connectivity index (χ1n) is 12.1. The number of nitrogens with zero attached hydrogens (tertiary/aromatic N) is 6. The summed E-state index contributed by atoms with van der Waals surface area (Å²) in [5.74, 6) is -5.33. The maximum atomic E-state index is 13.3. The molecule has 5 rings (SSSR count). The number of carbonyl (C=O) groups is 6. The SMILES string of the molecule is Cn1nnnc1C1=C(C(=O)O)N2C(=O)[C@@](C=S)(NC(=O)CCCC(C(=O)O)N3C(=O)c4ccccc4C3=O)[C@@H]2SC1. The van der Waals surface area contributed by atoms with Gasteiger partial charge in [-0.2, -0.15) is 0 Å². The van der Waals surface area contributed by atoms with Gasteiger partial charge in [-0.1, -0.05) is 24.4 Å². The maximum absolute atomic E-state index is 13.3. The highest BCUT2D eigenvalue weighted by Crippen LogP contribution is 2.47. The molecule has 3 atom stereocenters. The molecule has 15 nitrogen and oxygen atoms in total.